The van der Waals surface area contributed by atoms with Crippen LogP contribution in [0.3, 0.4) is 0 Å². The molecule has 1 heterocycles. The number of thioether (sulfide) groups is 1. The van der Waals surface area contributed by atoms with Crippen LogP contribution in [0.15, 0.2) is 0 Å². The van der Waals surface area contributed by atoms with Gasteiger partial charge in [0, 0.05) is 12.2 Å². The normalized spacial score (nSPS) is 21.5. The molecule has 1 atom stereocenters. The first-order chi connectivity index (χ1) is 7.06. The molecular formula is C9H14N2O3S. The molecule has 1 N–H and O–H groups in total. The van der Waals surface area contributed by atoms with Crippen LogP contribution >= 0.6 is 11.8 Å². The second-order valence-electron chi connectivity index (χ2n) is 3.35. The number of nitrogens with zero attached hydrogens (tertiary/aromatic N) is 1. The minimum atomic E-state index is -0.544. The lowest BCUT2D eigenvalue weighted by Crippen LogP contribution is -2.58. The van der Waals surface area contributed by atoms with Gasteiger partial charge in [-0.1, -0.05) is 0 Å². The molecule has 1 fully saturated rings. The Balaban J connectivity index is 2.62. The fourth-order valence-corrected chi connectivity index (χ4v) is 1.73. The third-order valence-corrected chi connectivity index (χ3v) is 2.88. The number of amides is 3. The van der Waals surface area contributed by atoms with Crippen molar-refractivity contribution >= 4 is 29.5 Å². The van der Waals surface area contributed by atoms with Crippen LogP contribution in [0.5, 0.6) is 0 Å². The van der Waals surface area contributed by atoms with Crippen molar-refractivity contribution in [1.82, 2.24) is 10.2 Å². The second-order valence-corrected chi connectivity index (χ2v) is 4.34. The van der Waals surface area contributed by atoms with E-state index in [0.717, 1.165) is 0 Å². The molecule has 1 aliphatic heterocycles. The van der Waals surface area contributed by atoms with Crippen molar-refractivity contribution in [3.8, 4) is 0 Å². The molecular weight excluding hydrogens is 216 g/mol. The van der Waals surface area contributed by atoms with E-state index in [1.807, 2.05) is 6.26 Å². The average Bonchev–Trinajstić information content (AvgIpc) is 2.19. The molecule has 1 aliphatic rings. The van der Waals surface area contributed by atoms with Crippen LogP contribution in [0.4, 0.5) is 0 Å². The summed E-state index contributed by atoms with van der Waals surface area (Å²) in [4.78, 5) is 35.3. The third kappa shape index (κ3) is 2.95. The Labute approximate surface area is 92.6 Å². The van der Waals surface area contributed by atoms with Crippen LogP contribution in [0, 0.1) is 0 Å². The van der Waals surface area contributed by atoms with Crippen LogP contribution in [0.2, 0.25) is 0 Å². The Morgan fingerprint density at radius 1 is 1.60 bits per heavy atom. The van der Waals surface area contributed by atoms with E-state index < -0.39 is 17.9 Å². The van der Waals surface area contributed by atoms with Gasteiger partial charge in [-0.15, -0.1) is 0 Å². The molecule has 0 aromatic rings. The van der Waals surface area contributed by atoms with Gasteiger partial charge in [0.25, 0.3) is 0 Å². The number of carbonyl (C=O) groups is 3. The molecule has 1 saturated heterocycles. The fourth-order valence-electron chi connectivity index (χ4n) is 1.35. The maximum atomic E-state index is 11.6. The highest BCUT2D eigenvalue weighted by Crippen LogP contribution is 2.08. The Kier molecular flexibility index (Phi) is 4.14. The molecule has 0 saturated carbocycles. The maximum absolute atomic E-state index is 11.6. The minimum absolute atomic E-state index is 0.0138. The zero-order valence-corrected chi connectivity index (χ0v) is 9.60. The van der Waals surface area contributed by atoms with Crippen molar-refractivity contribution in [2.75, 3.05) is 18.6 Å². The SMILES string of the molecule is CSCCC(=O)N1CC(=O)NC(=O)C1C. The van der Waals surface area contributed by atoms with Gasteiger partial charge in [0.2, 0.25) is 17.7 Å². The topological polar surface area (TPSA) is 66.5 Å². The van der Waals surface area contributed by atoms with E-state index in [-0.39, 0.29) is 12.5 Å². The summed E-state index contributed by atoms with van der Waals surface area (Å²) in [5.41, 5.74) is 0. The van der Waals surface area contributed by atoms with E-state index in [2.05, 4.69) is 5.32 Å². The molecule has 0 aromatic carbocycles. The smallest absolute Gasteiger partial charge is 0.249 e. The molecule has 5 nitrogen and oxygen atoms in total. The van der Waals surface area contributed by atoms with Crippen molar-refractivity contribution in [3.63, 3.8) is 0 Å². The molecule has 0 bridgehead atoms. The second kappa shape index (κ2) is 5.16. The largest absolute Gasteiger partial charge is 0.322 e. The molecule has 3 amide bonds. The number of piperazine rings is 1. The highest BCUT2D eigenvalue weighted by molar-refractivity contribution is 7.98. The number of carbonyl (C=O) groups excluding carboxylic acids is 3. The van der Waals surface area contributed by atoms with Gasteiger partial charge in [0.1, 0.15) is 12.6 Å². The highest BCUT2D eigenvalue weighted by Gasteiger charge is 2.32. The summed E-state index contributed by atoms with van der Waals surface area (Å²) in [5.74, 6) is -0.239. The molecule has 1 unspecified atom stereocenters. The lowest BCUT2D eigenvalue weighted by molar-refractivity contribution is -0.149. The number of hydrogen-bond acceptors (Lipinski definition) is 4. The zero-order valence-electron chi connectivity index (χ0n) is 8.78. The monoisotopic (exact) mass is 230 g/mol. The lowest BCUT2D eigenvalue weighted by atomic mass is 10.2. The zero-order chi connectivity index (χ0) is 11.4. The molecule has 0 aromatic heterocycles. The predicted octanol–water partition coefficient (Wildman–Crippen LogP) is -0.387. The molecule has 1 rings (SSSR count). The quantitative estimate of drug-likeness (QED) is 0.671. The predicted molar refractivity (Wildman–Crippen MR) is 57.3 cm³/mol. The van der Waals surface area contributed by atoms with Crippen LogP contribution in [0.25, 0.3) is 0 Å². The van der Waals surface area contributed by atoms with Gasteiger partial charge in [-0.2, -0.15) is 11.8 Å². The Hall–Kier alpha value is -1.04. The van der Waals surface area contributed by atoms with E-state index in [1.54, 1.807) is 18.7 Å². The van der Waals surface area contributed by atoms with Gasteiger partial charge in [-0.25, -0.2) is 0 Å². The van der Waals surface area contributed by atoms with Crippen molar-refractivity contribution in [3.05, 3.63) is 0 Å². The fraction of sp³-hybridized carbons (Fsp3) is 0.667. The lowest BCUT2D eigenvalue weighted by Gasteiger charge is -2.31. The van der Waals surface area contributed by atoms with Gasteiger partial charge < -0.3 is 4.90 Å². The Morgan fingerprint density at radius 2 is 2.27 bits per heavy atom. The summed E-state index contributed by atoms with van der Waals surface area (Å²) >= 11 is 1.56. The Bertz CT molecular complexity index is 293. The first-order valence-electron chi connectivity index (χ1n) is 4.68. The summed E-state index contributed by atoms with van der Waals surface area (Å²) in [6, 6.07) is -0.544. The van der Waals surface area contributed by atoms with Gasteiger partial charge >= 0.3 is 0 Å². The van der Waals surface area contributed by atoms with Gasteiger partial charge in [0.15, 0.2) is 0 Å². The number of nitrogens with one attached hydrogen (secondary N) is 1. The highest BCUT2D eigenvalue weighted by atomic mass is 32.2. The van der Waals surface area contributed by atoms with E-state index in [9.17, 15) is 14.4 Å². The van der Waals surface area contributed by atoms with Gasteiger partial charge in [-0.3, -0.25) is 19.7 Å². The van der Waals surface area contributed by atoms with Crippen LogP contribution in [0.1, 0.15) is 13.3 Å². The Morgan fingerprint density at radius 3 is 2.87 bits per heavy atom. The van der Waals surface area contributed by atoms with Crippen molar-refractivity contribution < 1.29 is 14.4 Å². The third-order valence-electron chi connectivity index (χ3n) is 2.26. The van der Waals surface area contributed by atoms with Gasteiger partial charge in [-0.05, 0) is 13.2 Å². The van der Waals surface area contributed by atoms with Gasteiger partial charge in [0.05, 0.1) is 0 Å². The average molecular weight is 230 g/mol. The van der Waals surface area contributed by atoms with Crippen LogP contribution < -0.4 is 5.32 Å². The van der Waals surface area contributed by atoms with E-state index in [0.29, 0.717) is 12.2 Å². The number of imide groups is 1. The molecule has 0 spiro atoms. The summed E-state index contributed by atoms with van der Waals surface area (Å²) in [6.07, 6.45) is 2.27. The van der Waals surface area contributed by atoms with Crippen molar-refractivity contribution in [2.24, 2.45) is 0 Å². The summed E-state index contributed by atoms with van der Waals surface area (Å²) < 4.78 is 0. The van der Waals surface area contributed by atoms with Crippen molar-refractivity contribution in [2.45, 2.75) is 19.4 Å². The van der Waals surface area contributed by atoms with E-state index in [1.165, 1.54) is 4.90 Å². The standard InChI is InChI=1S/C9H14N2O3S/c1-6-9(14)10-7(12)5-11(6)8(13)3-4-15-2/h6H,3-5H2,1-2H3,(H,10,12,14). The minimum Gasteiger partial charge on any atom is -0.322 e. The van der Waals surface area contributed by atoms with Crippen LogP contribution in [-0.2, 0) is 14.4 Å². The molecule has 15 heavy (non-hydrogen) atoms. The summed E-state index contributed by atoms with van der Waals surface area (Å²) in [5, 5.41) is 2.19. The summed E-state index contributed by atoms with van der Waals surface area (Å²) in [6.45, 7) is 1.61. The number of hydrogen-bond donors (Lipinski definition) is 1. The molecule has 0 radical (unpaired) electrons. The van der Waals surface area contributed by atoms with E-state index >= 15 is 0 Å². The molecule has 0 aliphatic carbocycles. The summed E-state index contributed by atoms with van der Waals surface area (Å²) in [7, 11) is 0. The maximum Gasteiger partial charge on any atom is 0.249 e. The van der Waals surface area contributed by atoms with Crippen molar-refractivity contribution in [1.29, 1.82) is 0 Å². The van der Waals surface area contributed by atoms with E-state index in [4.69, 9.17) is 0 Å². The number of rotatable bonds is 3. The first-order valence-corrected chi connectivity index (χ1v) is 6.07. The van der Waals surface area contributed by atoms with Crippen LogP contribution in [-0.4, -0.2) is 47.2 Å². The first kappa shape index (κ1) is 12.0. The molecule has 84 valence electrons. The molecule has 6 heteroatoms.